The van der Waals surface area contributed by atoms with Gasteiger partial charge in [-0.25, -0.2) is 0 Å². The van der Waals surface area contributed by atoms with Crippen LogP contribution in [0, 0.1) is 6.92 Å². The molecule has 6 rings (SSSR count). The van der Waals surface area contributed by atoms with E-state index in [0.717, 1.165) is 22.0 Å². The van der Waals surface area contributed by atoms with Crippen molar-refractivity contribution in [2.24, 2.45) is 19.2 Å². The lowest BCUT2D eigenvalue weighted by molar-refractivity contribution is 0.478. The fourth-order valence-corrected chi connectivity index (χ4v) is 5.25. The Bertz CT molecular complexity index is 1850. The maximum atomic E-state index is 13.5. The van der Waals surface area contributed by atoms with Gasteiger partial charge in [0.1, 0.15) is 11.3 Å². The minimum atomic E-state index is -0.312. The van der Waals surface area contributed by atoms with Crippen molar-refractivity contribution in [2.75, 3.05) is 5.01 Å². The van der Waals surface area contributed by atoms with Gasteiger partial charge in [0.2, 0.25) is 0 Å². The number of aromatic nitrogens is 2. The van der Waals surface area contributed by atoms with Crippen molar-refractivity contribution in [3.8, 4) is 5.75 Å². The van der Waals surface area contributed by atoms with E-state index in [1.54, 1.807) is 35.4 Å². The first-order valence-electron chi connectivity index (χ1n) is 12.2. The normalized spacial score (nSPS) is 15.5. The molecular formula is C30H26N4O3. The predicted octanol–water partition coefficient (Wildman–Crippen LogP) is 4.76. The topological polar surface area (TPSA) is 79.8 Å². The third-order valence-electron chi connectivity index (χ3n) is 7.32. The Balaban J connectivity index is 1.61. The average Bonchev–Trinajstić information content (AvgIpc) is 3.34. The molecule has 0 saturated heterocycles. The number of hydrogen-bond acceptors (Lipinski definition) is 5. The smallest absolute Gasteiger partial charge is 0.263 e. The minimum Gasteiger partial charge on any atom is -0.506 e. The van der Waals surface area contributed by atoms with Crippen molar-refractivity contribution in [3.05, 3.63) is 116 Å². The van der Waals surface area contributed by atoms with E-state index in [9.17, 15) is 14.7 Å². The summed E-state index contributed by atoms with van der Waals surface area (Å²) in [7, 11) is 3.45. The second-order valence-electron chi connectivity index (χ2n) is 9.57. The summed E-state index contributed by atoms with van der Waals surface area (Å²) in [5, 5.41) is 19.5. The number of hydrazone groups is 1. The zero-order chi connectivity index (χ0) is 25.8. The summed E-state index contributed by atoms with van der Waals surface area (Å²) in [6.07, 6.45) is 0.397. The Morgan fingerprint density at radius 2 is 1.46 bits per heavy atom. The zero-order valence-electron chi connectivity index (χ0n) is 20.8. The van der Waals surface area contributed by atoms with E-state index >= 15 is 0 Å². The fourth-order valence-electron chi connectivity index (χ4n) is 5.25. The fraction of sp³-hybridized carbons (Fsp3) is 0.167. The van der Waals surface area contributed by atoms with E-state index < -0.39 is 0 Å². The van der Waals surface area contributed by atoms with E-state index in [-0.39, 0.29) is 28.5 Å². The molecule has 0 bridgehead atoms. The van der Waals surface area contributed by atoms with Crippen molar-refractivity contribution in [1.29, 1.82) is 0 Å². The van der Waals surface area contributed by atoms with Crippen LogP contribution >= 0.6 is 0 Å². The van der Waals surface area contributed by atoms with Gasteiger partial charge < -0.3 is 14.2 Å². The quantitative estimate of drug-likeness (QED) is 0.396. The van der Waals surface area contributed by atoms with Crippen LogP contribution in [0.25, 0.3) is 21.8 Å². The summed E-state index contributed by atoms with van der Waals surface area (Å²) in [6, 6.07) is 24.5. The number of aromatic hydroxyl groups is 1. The van der Waals surface area contributed by atoms with Crippen molar-refractivity contribution < 1.29 is 5.11 Å². The number of nitrogens with zero attached hydrogens (tertiary/aromatic N) is 4. The summed E-state index contributed by atoms with van der Waals surface area (Å²) in [5.74, 6) is -0.0733. The van der Waals surface area contributed by atoms with Crippen LogP contribution in [0.3, 0.4) is 0 Å². The molecule has 0 aliphatic carbocycles. The second kappa shape index (κ2) is 8.48. The molecule has 37 heavy (non-hydrogen) atoms. The lowest BCUT2D eigenvalue weighted by atomic mass is 9.96. The largest absolute Gasteiger partial charge is 0.506 e. The van der Waals surface area contributed by atoms with Crippen LogP contribution in [0.2, 0.25) is 0 Å². The number of hydrogen-bond donors (Lipinski definition) is 1. The Kier molecular flexibility index (Phi) is 5.22. The molecule has 1 atom stereocenters. The molecule has 184 valence electrons. The van der Waals surface area contributed by atoms with Gasteiger partial charge in [-0.2, -0.15) is 5.10 Å². The number of rotatable bonds is 3. The Morgan fingerprint density at radius 1 is 0.838 bits per heavy atom. The van der Waals surface area contributed by atoms with E-state index in [1.807, 2.05) is 78.7 Å². The molecule has 5 aromatic rings. The molecule has 0 amide bonds. The van der Waals surface area contributed by atoms with Gasteiger partial charge in [-0.3, -0.25) is 14.6 Å². The molecule has 7 nitrogen and oxygen atoms in total. The standard InChI is InChI=1S/C30H26N4O3/c1-18-12-14-19(15-13-18)25-16-22(28-29(36)21-9-5-7-11-24(21)33(3)30(28)37)31-34(25)26-17-27(35)32(2)23-10-6-4-8-20(23)26/h4-15,17,25,36H,16H2,1-3H3. The highest BCUT2D eigenvalue weighted by Crippen LogP contribution is 2.40. The van der Waals surface area contributed by atoms with Crippen LogP contribution in [-0.2, 0) is 14.1 Å². The molecule has 7 heteroatoms. The first-order chi connectivity index (χ1) is 17.8. The molecule has 0 fully saturated rings. The van der Waals surface area contributed by atoms with Crippen LogP contribution < -0.4 is 16.1 Å². The third kappa shape index (κ3) is 3.54. The Morgan fingerprint density at radius 3 is 2.16 bits per heavy atom. The molecule has 3 aromatic carbocycles. The van der Waals surface area contributed by atoms with Gasteiger partial charge >= 0.3 is 0 Å². The number of fused-ring (bicyclic) bond motifs is 2. The van der Waals surface area contributed by atoms with Crippen molar-refractivity contribution in [1.82, 2.24) is 9.13 Å². The van der Waals surface area contributed by atoms with E-state index in [2.05, 4.69) is 0 Å². The molecule has 0 spiro atoms. The van der Waals surface area contributed by atoms with Gasteiger partial charge in [0.05, 0.1) is 28.5 Å². The van der Waals surface area contributed by atoms with E-state index in [1.165, 1.54) is 0 Å². The van der Waals surface area contributed by atoms with Crippen LogP contribution in [0.4, 0.5) is 5.69 Å². The third-order valence-corrected chi connectivity index (χ3v) is 7.32. The summed E-state index contributed by atoms with van der Waals surface area (Å²) in [4.78, 5) is 26.4. The molecular weight excluding hydrogens is 464 g/mol. The Hall–Kier alpha value is -4.65. The average molecular weight is 491 g/mol. The molecule has 2 aromatic heterocycles. The van der Waals surface area contributed by atoms with E-state index in [4.69, 9.17) is 5.10 Å². The second-order valence-corrected chi connectivity index (χ2v) is 9.57. The maximum absolute atomic E-state index is 13.5. The monoisotopic (exact) mass is 490 g/mol. The minimum absolute atomic E-state index is 0.0733. The highest BCUT2D eigenvalue weighted by atomic mass is 16.3. The molecule has 1 aliphatic rings. The van der Waals surface area contributed by atoms with Gasteiger partial charge in [0, 0.05) is 37.4 Å². The highest BCUT2D eigenvalue weighted by Gasteiger charge is 2.34. The first kappa shape index (κ1) is 22.8. The summed E-state index contributed by atoms with van der Waals surface area (Å²) >= 11 is 0. The summed E-state index contributed by atoms with van der Waals surface area (Å²) in [6.45, 7) is 2.03. The summed E-state index contributed by atoms with van der Waals surface area (Å²) < 4.78 is 3.16. The van der Waals surface area contributed by atoms with Gasteiger partial charge in [-0.1, -0.05) is 60.2 Å². The van der Waals surface area contributed by atoms with Crippen LogP contribution in [-0.4, -0.2) is 20.0 Å². The van der Waals surface area contributed by atoms with Gasteiger partial charge in [0.15, 0.2) is 0 Å². The van der Waals surface area contributed by atoms with E-state index in [0.29, 0.717) is 28.7 Å². The SMILES string of the molecule is Cc1ccc(C2CC(c3c(O)c4ccccc4n(C)c3=O)=NN2c2cc(=O)n(C)c3ccccc23)cc1. The first-order valence-corrected chi connectivity index (χ1v) is 12.2. The number of pyridine rings is 2. The van der Waals surface area contributed by atoms with Crippen LogP contribution in [0.5, 0.6) is 5.75 Å². The van der Waals surface area contributed by atoms with Crippen molar-refractivity contribution in [3.63, 3.8) is 0 Å². The molecule has 3 heterocycles. The number of benzene rings is 3. The van der Waals surface area contributed by atoms with Gasteiger partial charge in [0.25, 0.3) is 11.1 Å². The molecule has 0 saturated carbocycles. The maximum Gasteiger partial charge on any atom is 0.263 e. The van der Waals surface area contributed by atoms with Crippen LogP contribution in [0.15, 0.2) is 93.6 Å². The summed E-state index contributed by atoms with van der Waals surface area (Å²) in [5.41, 5.74) is 4.46. The lowest BCUT2D eigenvalue weighted by Gasteiger charge is -2.25. The zero-order valence-corrected chi connectivity index (χ0v) is 20.8. The number of anilines is 1. The van der Waals surface area contributed by atoms with Crippen molar-refractivity contribution >= 4 is 33.2 Å². The molecule has 0 radical (unpaired) electrons. The van der Waals surface area contributed by atoms with Gasteiger partial charge in [-0.05, 0) is 30.7 Å². The molecule has 1 N–H and O–H groups in total. The van der Waals surface area contributed by atoms with Crippen molar-refractivity contribution in [2.45, 2.75) is 19.4 Å². The van der Waals surface area contributed by atoms with Gasteiger partial charge in [-0.15, -0.1) is 0 Å². The number of para-hydroxylation sites is 2. The lowest BCUT2D eigenvalue weighted by Crippen LogP contribution is -2.24. The Labute approximate surface area is 213 Å². The predicted molar refractivity (Wildman–Crippen MR) is 148 cm³/mol. The highest BCUT2D eigenvalue weighted by molar-refractivity contribution is 6.09. The molecule has 1 unspecified atom stereocenters. The van der Waals surface area contributed by atoms with Crippen LogP contribution in [0.1, 0.15) is 29.2 Å². The number of aryl methyl sites for hydroxylation is 3. The molecule has 1 aliphatic heterocycles.